The van der Waals surface area contributed by atoms with Crippen LogP contribution in [0.3, 0.4) is 0 Å². The van der Waals surface area contributed by atoms with Gasteiger partial charge in [-0.1, -0.05) is 5.92 Å². The first kappa shape index (κ1) is 12.3. The number of nitrogens with two attached hydrogens (primary N) is 1. The quantitative estimate of drug-likeness (QED) is 0.643. The molecule has 0 saturated carbocycles. The Balaban J connectivity index is 3.88. The largest absolute Gasteiger partial charge is 0.333 e. The van der Waals surface area contributed by atoms with Gasteiger partial charge in [-0.05, 0) is 18.4 Å². The maximum atomic E-state index is 11.4. The van der Waals surface area contributed by atoms with Gasteiger partial charge in [0.05, 0.1) is 12.6 Å². The fourth-order valence-electron chi connectivity index (χ4n) is 0.866. The standard InChI is InChI=1S/C9H16N2OS/c1-4-6-11(2)9(12)8(10)5-7-13-3/h1,8H,5-7,10H2,2-3H3/t8-/m0/s1. The molecule has 0 aliphatic carbocycles. The number of carbonyl (C=O) groups is 1. The van der Waals surface area contributed by atoms with Crippen LogP contribution < -0.4 is 5.73 Å². The van der Waals surface area contributed by atoms with Crippen molar-refractivity contribution >= 4 is 17.7 Å². The predicted octanol–water partition coefficient (Wildman–Crippen LogP) is 0.158. The van der Waals surface area contributed by atoms with E-state index in [0.29, 0.717) is 13.0 Å². The van der Waals surface area contributed by atoms with Gasteiger partial charge in [0.15, 0.2) is 0 Å². The SMILES string of the molecule is C#CCN(C)C(=O)[C@@H](N)CCSC. The Morgan fingerprint density at radius 2 is 2.38 bits per heavy atom. The summed E-state index contributed by atoms with van der Waals surface area (Å²) >= 11 is 1.68. The van der Waals surface area contributed by atoms with Crippen LogP contribution in [0.25, 0.3) is 0 Å². The van der Waals surface area contributed by atoms with Crippen LogP contribution in [-0.4, -0.2) is 42.4 Å². The highest BCUT2D eigenvalue weighted by Crippen LogP contribution is 2.00. The Morgan fingerprint density at radius 1 is 1.77 bits per heavy atom. The lowest BCUT2D eigenvalue weighted by atomic mass is 10.2. The summed E-state index contributed by atoms with van der Waals surface area (Å²) in [6, 6.07) is -0.411. The smallest absolute Gasteiger partial charge is 0.240 e. The van der Waals surface area contributed by atoms with Gasteiger partial charge in [0.25, 0.3) is 0 Å². The summed E-state index contributed by atoms with van der Waals surface area (Å²) in [6.45, 7) is 0.325. The van der Waals surface area contributed by atoms with Gasteiger partial charge >= 0.3 is 0 Å². The minimum atomic E-state index is -0.411. The van der Waals surface area contributed by atoms with Crippen LogP contribution in [0.15, 0.2) is 0 Å². The van der Waals surface area contributed by atoms with Gasteiger partial charge in [-0.2, -0.15) is 11.8 Å². The maximum Gasteiger partial charge on any atom is 0.240 e. The second kappa shape index (κ2) is 6.81. The molecule has 0 aromatic carbocycles. The zero-order chi connectivity index (χ0) is 10.3. The molecule has 3 nitrogen and oxygen atoms in total. The molecule has 1 atom stereocenters. The second-order valence-corrected chi connectivity index (χ2v) is 3.77. The molecule has 0 heterocycles. The lowest BCUT2D eigenvalue weighted by molar-refractivity contribution is -0.130. The van der Waals surface area contributed by atoms with E-state index in [0.717, 1.165) is 5.75 Å². The normalized spacial score (nSPS) is 11.8. The molecule has 74 valence electrons. The van der Waals surface area contributed by atoms with E-state index < -0.39 is 6.04 Å². The van der Waals surface area contributed by atoms with Crippen LogP contribution in [0.2, 0.25) is 0 Å². The number of terminal acetylenes is 1. The average molecular weight is 200 g/mol. The fourth-order valence-corrected chi connectivity index (χ4v) is 1.36. The molecule has 0 rings (SSSR count). The highest BCUT2D eigenvalue weighted by Gasteiger charge is 2.16. The third-order valence-corrected chi connectivity index (χ3v) is 2.30. The molecule has 0 aliphatic heterocycles. The first-order valence-corrected chi connectivity index (χ1v) is 5.45. The van der Waals surface area contributed by atoms with Crippen LogP contribution in [-0.2, 0) is 4.79 Å². The van der Waals surface area contributed by atoms with Crippen molar-refractivity contribution in [1.29, 1.82) is 0 Å². The number of carbonyl (C=O) groups excluding carboxylic acids is 1. The van der Waals surface area contributed by atoms with E-state index in [1.165, 1.54) is 4.90 Å². The van der Waals surface area contributed by atoms with Gasteiger partial charge in [0, 0.05) is 7.05 Å². The second-order valence-electron chi connectivity index (χ2n) is 2.79. The summed E-state index contributed by atoms with van der Waals surface area (Å²) < 4.78 is 0. The lowest BCUT2D eigenvalue weighted by Gasteiger charge is -2.18. The van der Waals surface area contributed by atoms with Gasteiger partial charge in [-0.25, -0.2) is 0 Å². The van der Waals surface area contributed by atoms with Crippen LogP contribution in [0, 0.1) is 12.3 Å². The fraction of sp³-hybridized carbons (Fsp3) is 0.667. The molecule has 0 unspecified atom stereocenters. The highest BCUT2D eigenvalue weighted by atomic mass is 32.2. The van der Waals surface area contributed by atoms with Crippen molar-refractivity contribution < 1.29 is 4.79 Å². The molecule has 0 aromatic rings. The molecule has 0 fully saturated rings. The first-order valence-electron chi connectivity index (χ1n) is 4.06. The minimum absolute atomic E-state index is 0.0769. The van der Waals surface area contributed by atoms with Gasteiger partial charge in [-0.15, -0.1) is 6.42 Å². The van der Waals surface area contributed by atoms with E-state index in [4.69, 9.17) is 12.2 Å². The number of likely N-dealkylation sites (N-methyl/N-ethyl adjacent to an activating group) is 1. The molecule has 0 saturated heterocycles. The van der Waals surface area contributed by atoms with Gasteiger partial charge < -0.3 is 10.6 Å². The number of nitrogens with zero attached hydrogens (tertiary/aromatic N) is 1. The zero-order valence-corrected chi connectivity index (χ0v) is 8.93. The molecule has 0 radical (unpaired) electrons. The van der Waals surface area contributed by atoms with E-state index in [1.54, 1.807) is 18.8 Å². The highest BCUT2D eigenvalue weighted by molar-refractivity contribution is 7.98. The molecule has 0 bridgehead atoms. The molecular weight excluding hydrogens is 184 g/mol. The molecule has 13 heavy (non-hydrogen) atoms. The van der Waals surface area contributed by atoms with E-state index >= 15 is 0 Å². The van der Waals surface area contributed by atoms with Crippen molar-refractivity contribution in [3.8, 4) is 12.3 Å². The Bertz CT molecular complexity index is 200. The minimum Gasteiger partial charge on any atom is -0.333 e. The van der Waals surface area contributed by atoms with E-state index in [1.807, 2.05) is 6.26 Å². The van der Waals surface area contributed by atoms with Crippen LogP contribution in [0.5, 0.6) is 0 Å². The van der Waals surface area contributed by atoms with Gasteiger partial charge in [0.1, 0.15) is 0 Å². The van der Waals surface area contributed by atoms with E-state index in [9.17, 15) is 4.79 Å². The number of hydrogen-bond acceptors (Lipinski definition) is 3. The number of thioether (sulfide) groups is 1. The summed E-state index contributed by atoms with van der Waals surface area (Å²) in [4.78, 5) is 12.9. The average Bonchev–Trinajstić information content (AvgIpc) is 2.13. The van der Waals surface area contributed by atoms with Crippen molar-refractivity contribution in [3.05, 3.63) is 0 Å². The third kappa shape index (κ3) is 4.81. The van der Waals surface area contributed by atoms with Crippen LogP contribution >= 0.6 is 11.8 Å². The predicted molar refractivity (Wildman–Crippen MR) is 57.4 cm³/mol. The number of rotatable bonds is 5. The Morgan fingerprint density at radius 3 is 2.85 bits per heavy atom. The van der Waals surface area contributed by atoms with Gasteiger partial charge in [0.2, 0.25) is 5.91 Å². The van der Waals surface area contributed by atoms with Gasteiger partial charge in [-0.3, -0.25) is 4.79 Å². The lowest BCUT2D eigenvalue weighted by Crippen LogP contribution is -2.42. The van der Waals surface area contributed by atoms with Crippen LogP contribution in [0.4, 0.5) is 0 Å². The molecular formula is C9H16N2OS. The molecule has 0 aliphatic rings. The van der Waals surface area contributed by atoms with Crippen LogP contribution in [0.1, 0.15) is 6.42 Å². The molecule has 2 N–H and O–H groups in total. The Hall–Kier alpha value is -0.660. The van der Waals surface area contributed by atoms with E-state index in [2.05, 4.69) is 5.92 Å². The molecule has 1 amide bonds. The van der Waals surface area contributed by atoms with E-state index in [-0.39, 0.29) is 5.91 Å². The Labute approximate surface area is 84.0 Å². The van der Waals surface area contributed by atoms with Crippen molar-refractivity contribution in [1.82, 2.24) is 4.90 Å². The number of hydrogen-bond donors (Lipinski definition) is 1. The monoisotopic (exact) mass is 200 g/mol. The molecule has 0 aromatic heterocycles. The van der Waals surface area contributed by atoms with Crippen molar-refractivity contribution in [2.75, 3.05) is 25.6 Å². The van der Waals surface area contributed by atoms with Crippen molar-refractivity contribution in [2.24, 2.45) is 5.73 Å². The third-order valence-electron chi connectivity index (χ3n) is 1.65. The maximum absolute atomic E-state index is 11.4. The zero-order valence-electron chi connectivity index (χ0n) is 8.12. The summed E-state index contributed by atoms with van der Waals surface area (Å²) in [7, 11) is 1.67. The van der Waals surface area contributed by atoms with Crippen molar-refractivity contribution in [2.45, 2.75) is 12.5 Å². The Kier molecular flexibility index (Phi) is 6.47. The number of amides is 1. The first-order chi connectivity index (χ1) is 6.13. The molecule has 4 heteroatoms. The topological polar surface area (TPSA) is 46.3 Å². The summed E-state index contributed by atoms with van der Waals surface area (Å²) in [5, 5.41) is 0. The van der Waals surface area contributed by atoms with Crippen molar-refractivity contribution in [3.63, 3.8) is 0 Å². The summed E-state index contributed by atoms with van der Waals surface area (Å²) in [5.74, 6) is 3.23. The molecule has 0 spiro atoms. The summed E-state index contributed by atoms with van der Waals surface area (Å²) in [5.41, 5.74) is 5.66. The summed E-state index contributed by atoms with van der Waals surface area (Å²) in [6.07, 6.45) is 7.77.